The summed E-state index contributed by atoms with van der Waals surface area (Å²) in [5, 5.41) is 0. The molecule has 1 rings (SSSR count). The minimum atomic E-state index is 1.03. The van der Waals surface area contributed by atoms with Gasteiger partial charge in [0.15, 0.2) is 0 Å². The first kappa shape index (κ1) is 13.7. The van der Waals surface area contributed by atoms with Gasteiger partial charge in [-0.05, 0) is 18.2 Å². The Labute approximate surface area is 110 Å². The maximum atomic E-state index is 5.10. The van der Waals surface area contributed by atoms with Gasteiger partial charge in [0.1, 0.15) is 3.82 Å². The molecule has 0 radical (unpaired) electrons. The number of rotatable bonds is 8. The highest BCUT2D eigenvalue weighted by molar-refractivity contribution is 8.02. The van der Waals surface area contributed by atoms with Crippen molar-refractivity contribution in [1.29, 1.82) is 0 Å². The molecule has 0 saturated heterocycles. The molecule has 0 aliphatic rings. The van der Waals surface area contributed by atoms with Gasteiger partial charge in [0.2, 0.25) is 0 Å². The molecular weight excluding hydrogens is 260 g/mol. The van der Waals surface area contributed by atoms with Crippen LogP contribution in [0.4, 0.5) is 0 Å². The molecule has 1 aromatic heterocycles. The van der Waals surface area contributed by atoms with Crippen molar-refractivity contribution in [2.24, 2.45) is 0 Å². The van der Waals surface area contributed by atoms with Crippen LogP contribution >= 0.6 is 44.7 Å². The van der Waals surface area contributed by atoms with Crippen LogP contribution in [0.5, 0.6) is 0 Å². The average molecular weight is 279 g/mol. The molecule has 4 heteroatoms. The normalized spacial score (nSPS) is 10.7. The Morgan fingerprint density at radius 2 is 1.87 bits per heavy atom. The van der Waals surface area contributed by atoms with E-state index in [0.29, 0.717) is 0 Å². The van der Waals surface area contributed by atoms with Gasteiger partial charge in [0.25, 0.3) is 0 Å². The maximum Gasteiger partial charge on any atom is 0.103 e. The Balaban J connectivity index is 1.95. The average Bonchev–Trinajstić information content (AvgIpc) is 2.63. The molecule has 15 heavy (non-hydrogen) atoms. The molecule has 1 aromatic rings. The first-order chi connectivity index (χ1) is 7.33. The molecule has 86 valence electrons. The van der Waals surface area contributed by atoms with Crippen LogP contribution in [-0.4, -0.2) is 5.75 Å². The molecule has 1 heterocycles. The summed E-state index contributed by atoms with van der Waals surface area (Å²) < 4.78 is 2.43. The van der Waals surface area contributed by atoms with Crippen molar-refractivity contribution in [3.8, 4) is 0 Å². The topological polar surface area (TPSA) is 0 Å². The number of unbranched alkanes of at least 4 members (excludes halogenated alkanes) is 5. The molecule has 0 spiro atoms. The van der Waals surface area contributed by atoms with Gasteiger partial charge in [-0.15, -0.1) is 11.8 Å². The number of hydrogen-bond acceptors (Lipinski definition) is 4. The second kappa shape index (κ2) is 8.74. The van der Waals surface area contributed by atoms with Crippen LogP contribution in [0.3, 0.4) is 0 Å². The van der Waals surface area contributed by atoms with Gasteiger partial charge in [0, 0.05) is 0 Å². The van der Waals surface area contributed by atoms with E-state index in [2.05, 4.69) is 13.0 Å². The van der Waals surface area contributed by atoms with Crippen LogP contribution in [0.1, 0.15) is 45.4 Å². The van der Waals surface area contributed by atoms with Crippen molar-refractivity contribution in [1.82, 2.24) is 0 Å². The van der Waals surface area contributed by atoms with E-state index >= 15 is 0 Å². The number of hydrogen-bond donors (Lipinski definition) is 0. The molecule has 0 N–H and O–H groups in total. The Morgan fingerprint density at radius 1 is 1.13 bits per heavy atom. The van der Waals surface area contributed by atoms with E-state index in [1.165, 1.54) is 48.5 Å². The van der Waals surface area contributed by atoms with Gasteiger partial charge in [-0.3, -0.25) is 0 Å². The van der Waals surface area contributed by atoms with Crippen LogP contribution < -0.4 is 0 Å². The molecule has 0 saturated carbocycles. The smallest absolute Gasteiger partial charge is 0.103 e. The lowest BCUT2D eigenvalue weighted by Crippen LogP contribution is -1.81. The molecule has 0 aromatic carbocycles. The van der Waals surface area contributed by atoms with Crippen molar-refractivity contribution in [2.45, 2.75) is 49.7 Å². The third-order valence-corrected chi connectivity index (χ3v) is 6.66. The Morgan fingerprint density at radius 3 is 2.53 bits per heavy atom. The fourth-order valence-electron chi connectivity index (χ4n) is 1.35. The highest BCUT2D eigenvalue weighted by atomic mass is 32.9. The first-order valence-electron chi connectivity index (χ1n) is 5.56. The third kappa shape index (κ3) is 6.72. The van der Waals surface area contributed by atoms with E-state index in [-0.39, 0.29) is 0 Å². The van der Waals surface area contributed by atoms with Crippen molar-refractivity contribution >= 4 is 44.7 Å². The lowest BCUT2D eigenvalue weighted by molar-refractivity contribution is 0.627. The summed E-state index contributed by atoms with van der Waals surface area (Å²) in [4.78, 5) is 0. The minimum absolute atomic E-state index is 1.03. The summed E-state index contributed by atoms with van der Waals surface area (Å²) in [6.45, 7) is 2.26. The predicted octanol–water partition coefficient (Wildman–Crippen LogP) is 5.99. The summed E-state index contributed by atoms with van der Waals surface area (Å²) in [5.41, 5.74) is 0. The van der Waals surface area contributed by atoms with Gasteiger partial charge in [-0.2, -0.15) is 0 Å². The molecule has 0 aliphatic carbocycles. The van der Waals surface area contributed by atoms with Crippen molar-refractivity contribution < 1.29 is 0 Å². The van der Waals surface area contributed by atoms with Crippen LogP contribution in [-0.2, 0) is 0 Å². The predicted molar refractivity (Wildman–Crippen MR) is 77.1 cm³/mol. The van der Waals surface area contributed by atoms with Crippen molar-refractivity contribution in [3.63, 3.8) is 0 Å². The third-order valence-electron chi connectivity index (χ3n) is 2.18. The van der Waals surface area contributed by atoms with Crippen LogP contribution in [0.25, 0.3) is 0 Å². The molecule has 0 atom stereocenters. The Kier molecular flexibility index (Phi) is 7.97. The monoisotopic (exact) mass is 278 g/mol. The fraction of sp³-hybridized carbons (Fsp3) is 0.727. The largest absolute Gasteiger partial charge is 0.115 e. The Hall–Kier alpha value is 0.620. The zero-order valence-electron chi connectivity index (χ0n) is 9.16. The summed E-state index contributed by atoms with van der Waals surface area (Å²) in [6.07, 6.45) is 8.31. The zero-order valence-corrected chi connectivity index (χ0v) is 12.4. The lowest BCUT2D eigenvalue weighted by Gasteiger charge is -1.99. The van der Waals surface area contributed by atoms with Gasteiger partial charge in [-0.1, -0.05) is 71.9 Å². The van der Waals surface area contributed by atoms with Crippen LogP contribution in [0, 0.1) is 3.82 Å². The van der Waals surface area contributed by atoms with E-state index in [1.54, 1.807) is 10.3 Å². The van der Waals surface area contributed by atoms with Gasteiger partial charge in [0.05, 0.1) is 4.21 Å². The summed E-state index contributed by atoms with van der Waals surface area (Å²) in [5.74, 6) is 1.26. The van der Waals surface area contributed by atoms with Crippen molar-refractivity contribution in [2.75, 3.05) is 5.75 Å². The summed E-state index contributed by atoms with van der Waals surface area (Å²) in [7, 11) is 3.54. The summed E-state index contributed by atoms with van der Waals surface area (Å²) in [6, 6.07) is 2.13. The van der Waals surface area contributed by atoms with Crippen LogP contribution in [0.2, 0.25) is 0 Å². The quantitative estimate of drug-likeness (QED) is 0.248. The van der Waals surface area contributed by atoms with E-state index in [4.69, 9.17) is 12.2 Å². The minimum Gasteiger partial charge on any atom is -0.115 e. The van der Waals surface area contributed by atoms with Gasteiger partial charge < -0.3 is 0 Å². The van der Waals surface area contributed by atoms with E-state index in [1.807, 2.05) is 22.1 Å². The number of thioether (sulfide) groups is 1. The lowest BCUT2D eigenvalue weighted by atomic mass is 10.1. The van der Waals surface area contributed by atoms with Gasteiger partial charge >= 0.3 is 0 Å². The van der Waals surface area contributed by atoms with Crippen molar-refractivity contribution in [3.05, 3.63) is 9.89 Å². The molecule has 0 nitrogen and oxygen atoms in total. The summed E-state index contributed by atoms with van der Waals surface area (Å²) >= 11 is 7.07. The Bertz CT molecular complexity index is 300. The van der Waals surface area contributed by atoms with E-state index in [9.17, 15) is 0 Å². The first-order valence-corrected chi connectivity index (χ1v) is 9.10. The van der Waals surface area contributed by atoms with E-state index < -0.39 is 0 Å². The molecule has 0 amide bonds. The molecule has 0 aliphatic heterocycles. The molecule has 0 unspecified atom stereocenters. The highest BCUT2D eigenvalue weighted by Crippen LogP contribution is 2.29. The standard InChI is InChI=1S/C11H18S4/c1-2-3-4-5-6-7-8-13-11-9-10(12)14-15-11/h9H,2-8H2,1H3. The molecule has 0 fully saturated rings. The fourth-order valence-corrected chi connectivity index (χ4v) is 5.28. The second-order valence-corrected chi connectivity index (χ2v) is 7.87. The maximum absolute atomic E-state index is 5.10. The molecule has 0 bridgehead atoms. The van der Waals surface area contributed by atoms with Gasteiger partial charge in [-0.25, -0.2) is 0 Å². The second-order valence-electron chi connectivity index (χ2n) is 3.57. The van der Waals surface area contributed by atoms with Crippen LogP contribution in [0.15, 0.2) is 10.3 Å². The highest BCUT2D eigenvalue weighted by Gasteiger charge is 1.96. The zero-order chi connectivity index (χ0) is 10.9. The molecular formula is C11H18S4. The SMILES string of the molecule is CCCCCCCCSc1cc(=S)ss1. The van der Waals surface area contributed by atoms with E-state index in [0.717, 1.165) is 3.82 Å².